The Kier molecular flexibility index (Phi) is 3.38. The van der Waals surface area contributed by atoms with Gasteiger partial charge in [0.1, 0.15) is 18.0 Å². The molecule has 1 aliphatic rings. The molecule has 0 amide bonds. The van der Waals surface area contributed by atoms with Gasteiger partial charge in [0.25, 0.3) is 0 Å². The molecule has 114 valence electrons. The number of hydrogen-bond acceptors (Lipinski definition) is 4. The van der Waals surface area contributed by atoms with Crippen molar-refractivity contribution in [1.29, 1.82) is 0 Å². The van der Waals surface area contributed by atoms with Crippen LogP contribution in [0, 0.1) is 0 Å². The van der Waals surface area contributed by atoms with Gasteiger partial charge >= 0.3 is 0 Å². The van der Waals surface area contributed by atoms with Crippen molar-refractivity contribution in [2.75, 3.05) is 0 Å². The average Bonchev–Trinajstić information content (AvgIpc) is 3.15. The molecule has 6 nitrogen and oxygen atoms in total. The number of para-hydroxylation sites is 2. The molecule has 0 aliphatic carbocycles. The number of rotatable bonds is 4. The number of nitrogens with one attached hydrogen (secondary N) is 1. The van der Waals surface area contributed by atoms with Crippen LogP contribution in [0.1, 0.15) is 25.0 Å². The zero-order chi connectivity index (χ0) is 14.9. The van der Waals surface area contributed by atoms with Crippen LogP contribution in [0.3, 0.4) is 0 Å². The number of aryl methyl sites for hydroxylation is 2. The predicted octanol–water partition coefficient (Wildman–Crippen LogP) is 1.75. The topological polar surface area (TPSA) is 60.6 Å². The normalized spacial score (nSPS) is 17.8. The van der Waals surface area contributed by atoms with Crippen molar-refractivity contribution in [3.8, 4) is 0 Å². The van der Waals surface area contributed by atoms with Crippen LogP contribution in [-0.2, 0) is 26.1 Å². The molecule has 6 heteroatoms. The van der Waals surface area contributed by atoms with Gasteiger partial charge in [-0.15, -0.1) is 0 Å². The molecule has 0 radical (unpaired) electrons. The van der Waals surface area contributed by atoms with E-state index in [0.717, 1.165) is 49.6 Å². The molecule has 1 aromatic carbocycles. The quantitative estimate of drug-likeness (QED) is 0.797. The van der Waals surface area contributed by atoms with Crippen molar-refractivity contribution in [2.24, 2.45) is 0 Å². The van der Waals surface area contributed by atoms with Crippen LogP contribution in [0.25, 0.3) is 11.0 Å². The number of aromatic nitrogens is 5. The first kappa shape index (κ1) is 13.5. The Morgan fingerprint density at radius 2 is 2.23 bits per heavy atom. The number of fused-ring (bicyclic) bond motifs is 2. The fourth-order valence-electron chi connectivity index (χ4n) is 3.25. The first-order valence-electron chi connectivity index (χ1n) is 7.89. The Morgan fingerprint density at radius 3 is 3.14 bits per heavy atom. The maximum absolute atomic E-state index is 4.77. The van der Waals surface area contributed by atoms with E-state index in [9.17, 15) is 0 Å². The first-order chi connectivity index (χ1) is 10.8. The van der Waals surface area contributed by atoms with Gasteiger partial charge in [0.15, 0.2) is 0 Å². The molecule has 0 bridgehead atoms. The number of hydrogen-bond donors (Lipinski definition) is 1. The van der Waals surface area contributed by atoms with Crippen molar-refractivity contribution in [1.82, 2.24) is 29.6 Å². The molecular weight excluding hydrogens is 276 g/mol. The summed E-state index contributed by atoms with van der Waals surface area (Å²) >= 11 is 0. The fraction of sp³-hybridized carbons (Fsp3) is 0.438. The van der Waals surface area contributed by atoms with E-state index in [2.05, 4.69) is 45.1 Å². The van der Waals surface area contributed by atoms with Gasteiger partial charge in [-0.25, -0.2) is 14.6 Å². The molecule has 0 saturated heterocycles. The van der Waals surface area contributed by atoms with Crippen molar-refractivity contribution < 1.29 is 0 Å². The Hall–Kier alpha value is -2.21. The van der Waals surface area contributed by atoms with E-state index < -0.39 is 0 Å². The highest BCUT2D eigenvalue weighted by Crippen LogP contribution is 2.17. The Labute approximate surface area is 129 Å². The third kappa shape index (κ3) is 2.29. The van der Waals surface area contributed by atoms with Crippen LogP contribution < -0.4 is 5.32 Å². The van der Waals surface area contributed by atoms with Crippen LogP contribution in [0.15, 0.2) is 30.6 Å². The molecular formula is C16H20N6. The lowest BCUT2D eigenvalue weighted by atomic mass is 10.1. The fourth-order valence-corrected chi connectivity index (χ4v) is 3.25. The summed E-state index contributed by atoms with van der Waals surface area (Å²) in [6.07, 6.45) is 3.74. The third-order valence-electron chi connectivity index (χ3n) is 4.40. The third-order valence-corrected chi connectivity index (χ3v) is 4.40. The molecule has 22 heavy (non-hydrogen) atoms. The second kappa shape index (κ2) is 5.53. The summed E-state index contributed by atoms with van der Waals surface area (Å²) in [5.74, 6) is 2.20. The highest BCUT2D eigenvalue weighted by Gasteiger charge is 2.20. The van der Waals surface area contributed by atoms with E-state index in [4.69, 9.17) is 4.98 Å². The highest BCUT2D eigenvalue weighted by atomic mass is 15.3. The molecule has 4 rings (SSSR count). The smallest absolute Gasteiger partial charge is 0.138 e. The van der Waals surface area contributed by atoms with Gasteiger partial charge in [0.2, 0.25) is 0 Å². The largest absolute Gasteiger partial charge is 0.327 e. The lowest BCUT2D eigenvalue weighted by Gasteiger charge is -2.23. The van der Waals surface area contributed by atoms with Crippen molar-refractivity contribution in [3.63, 3.8) is 0 Å². The van der Waals surface area contributed by atoms with Gasteiger partial charge in [0, 0.05) is 19.0 Å². The van der Waals surface area contributed by atoms with E-state index in [0.29, 0.717) is 6.04 Å². The molecule has 3 aromatic rings. The van der Waals surface area contributed by atoms with E-state index >= 15 is 0 Å². The van der Waals surface area contributed by atoms with E-state index in [-0.39, 0.29) is 0 Å². The lowest BCUT2D eigenvalue weighted by Crippen LogP contribution is -2.38. The zero-order valence-electron chi connectivity index (χ0n) is 12.7. The Balaban J connectivity index is 1.50. The Bertz CT molecular complexity index is 787. The van der Waals surface area contributed by atoms with Gasteiger partial charge in [0.05, 0.1) is 24.1 Å². The van der Waals surface area contributed by atoms with Crippen molar-refractivity contribution in [3.05, 3.63) is 42.2 Å². The van der Waals surface area contributed by atoms with Gasteiger partial charge < -0.3 is 9.88 Å². The van der Waals surface area contributed by atoms with Crippen LogP contribution in [-0.4, -0.2) is 30.4 Å². The monoisotopic (exact) mass is 296 g/mol. The number of nitrogens with zero attached hydrogens (tertiary/aromatic N) is 5. The van der Waals surface area contributed by atoms with Crippen LogP contribution in [0.2, 0.25) is 0 Å². The summed E-state index contributed by atoms with van der Waals surface area (Å²) in [4.78, 5) is 9.04. The first-order valence-corrected chi connectivity index (χ1v) is 7.89. The van der Waals surface area contributed by atoms with Crippen LogP contribution in [0.5, 0.6) is 0 Å². The van der Waals surface area contributed by atoms with Gasteiger partial charge in [-0.3, -0.25) is 0 Å². The molecule has 2 aromatic heterocycles. The van der Waals surface area contributed by atoms with Crippen molar-refractivity contribution in [2.45, 2.75) is 45.4 Å². The molecule has 0 spiro atoms. The summed E-state index contributed by atoms with van der Waals surface area (Å²) in [5, 5.41) is 7.91. The lowest BCUT2D eigenvalue weighted by molar-refractivity contribution is 0.353. The Morgan fingerprint density at radius 1 is 1.32 bits per heavy atom. The SMILES string of the molecule is CCn1c(CNC2CCc3ncnn3C2)nc2ccccc21. The number of benzene rings is 1. The number of imidazole rings is 1. The summed E-state index contributed by atoms with van der Waals surface area (Å²) in [6, 6.07) is 8.75. The molecule has 1 N–H and O–H groups in total. The van der Waals surface area contributed by atoms with Gasteiger partial charge in [-0.2, -0.15) is 5.10 Å². The van der Waals surface area contributed by atoms with Gasteiger partial charge in [-0.1, -0.05) is 12.1 Å². The summed E-state index contributed by atoms with van der Waals surface area (Å²) < 4.78 is 4.29. The summed E-state index contributed by atoms with van der Waals surface area (Å²) in [5.41, 5.74) is 2.28. The summed E-state index contributed by atoms with van der Waals surface area (Å²) in [7, 11) is 0. The standard InChI is InChI=1S/C16H20N6/c1-2-21-14-6-4-3-5-13(14)20-16(21)9-17-12-7-8-15-18-11-19-22(15)10-12/h3-6,11-12,17H,2,7-10H2,1H3. The molecule has 1 aliphatic heterocycles. The molecule has 1 unspecified atom stereocenters. The maximum Gasteiger partial charge on any atom is 0.138 e. The molecule has 0 fully saturated rings. The van der Waals surface area contributed by atoms with Crippen LogP contribution in [0.4, 0.5) is 0 Å². The maximum atomic E-state index is 4.77. The molecule has 1 atom stereocenters. The second-order valence-corrected chi connectivity index (χ2v) is 5.74. The van der Waals surface area contributed by atoms with E-state index in [1.165, 1.54) is 5.52 Å². The van der Waals surface area contributed by atoms with E-state index in [1.807, 2.05) is 10.7 Å². The molecule has 0 saturated carbocycles. The van der Waals surface area contributed by atoms with E-state index in [1.54, 1.807) is 6.33 Å². The minimum absolute atomic E-state index is 0.430. The molecule has 3 heterocycles. The highest BCUT2D eigenvalue weighted by molar-refractivity contribution is 5.75. The predicted molar refractivity (Wildman–Crippen MR) is 84.4 cm³/mol. The average molecular weight is 296 g/mol. The van der Waals surface area contributed by atoms with Crippen LogP contribution >= 0.6 is 0 Å². The van der Waals surface area contributed by atoms with Gasteiger partial charge in [-0.05, 0) is 25.5 Å². The second-order valence-electron chi connectivity index (χ2n) is 5.74. The minimum Gasteiger partial charge on any atom is -0.327 e. The zero-order valence-corrected chi connectivity index (χ0v) is 12.7. The minimum atomic E-state index is 0.430. The summed E-state index contributed by atoms with van der Waals surface area (Å²) in [6.45, 7) is 4.79. The van der Waals surface area contributed by atoms with Crippen molar-refractivity contribution >= 4 is 11.0 Å².